The molecule has 2 rings (SSSR count). The molecular formula is C16H23FN2O2. The molecule has 5 heteroatoms. The summed E-state index contributed by atoms with van der Waals surface area (Å²) in [6, 6.07) is 6.07. The molecule has 1 aliphatic rings. The monoisotopic (exact) mass is 294 g/mol. The third-order valence-corrected chi connectivity index (χ3v) is 3.80. The molecule has 1 aromatic rings. The van der Waals surface area contributed by atoms with E-state index in [0.29, 0.717) is 12.3 Å². The number of nitrogens with one attached hydrogen (secondary N) is 1. The molecule has 1 aliphatic heterocycles. The summed E-state index contributed by atoms with van der Waals surface area (Å²) in [6.07, 6.45) is 1.73. The Bertz CT molecular complexity index is 456. The van der Waals surface area contributed by atoms with E-state index < -0.39 is 0 Å². The molecule has 0 bridgehead atoms. The first-order valence-corrected chi connectivity index (χ1v) is 7.45. The van der Waals surface area contributed by atoms with Crippen LogP contribution in [0.2, 0.25) is 0 Å². The predicted octanol–water partition coefficient (Wildman–Crippen LogP) is 2.05. The van der Waals surface area contributed by atoms with Gasteiger partial charge in [0.1, 0.15) is 17.7 Å². The fraction of sp³-hybridized carbons (Fsp3) is 0.562. The third kappa shape index (κ3) is 4.43. The van der Waals surface area contributed by atoms with Gasteiger partial charge in [0.25, 0.3) is 0 Å². The third-order valence-electron chi connectivity index (χ3n) is 3.80. The molecule has 1 aromatic carbocycles. The van der Waals surface area contributed by atoms with E-state index in [1.54, 1.807) is 12.1 Å². The largest absolute Gasteiger partial charge is 0.490 e. The van der Waals surface area contributed by atoms with Gasteiger partial charge in [-0.15, -0.1) is 0 Å². The van der Waals surface area contributed by atoms with Gasteiger partial charge >= 0.3 is 0 Å². The van der Waals surface area contributed by atoms with Crippen molar-refractivity contribution in [2.45, 2.75) is 25.9 Å². The molecule has 4 nitrogen and oxygen atoms in total. The number of ether oxygens (including phenoxy) is 1. The Morgan fingerprint density at radius 2 is 2.00 bits per heavy atom. The fourth-order valence-corrected chi connectivity index (χ4v) is 2.60. The number of halogens is 1. The highest BCUT2D eigenvalue weighted by molar-refractivity contribution is 5.78. The lowest BCUT2D eigenvalue weighted by atomic mass is 10.0. The van der Waals surface area contributed by atoms with Crippen LogP contribution in [-0.2, 0) is 4.79 Å². The van der Waals surface area contributed by atoms with Gasteiger partial charge in [0.05, 0.1) is 0 Å². The summed E-state index contributed by atoms with van der Waals surface area (Å²) in [6.45, 7) is 4.09. The van der Waals surface area contributed by atoms with Crippen LogP contribution in [0.3, 0.4) is 0 Å². The molecule has 21 heavy (non-hydrogen) atoms. The molecule has 1 fully saturated rings. The Morgan fingerprint density at radius 1 is 1.38 bits per heavy atom. The van der Waals surface area contributed by atoms with Gasteiger partial charge in [-0.25, -0.2) is 4.39 Å². The van der Waals surface area contributed by atoms with Crippen LogP contribution in [0.25, 0.3) is 0 Å². The van der Waals surface area contributed by atoms with E-state index in [1.807, 2.05) is 18.9 Å². The normalized spacial score (nSPS) is 17.6. The van der Waals surface area contributed by atoms with E-state index >= 15 is 0 Å². The summed E-state index contributed by atoms with van der Waals surface area (Å²) in [7, 11) is 1.85. The van der Waals surface area contributed by atoms with Gasteiger partial charge in [0.2, 0.25) is 5.91 Å². The topological polar surface area (TPSA) is 41.6 Å². The summed E-state index contributed by atoms with van der Waals surface area (Å²) >= 11 is 0. The van der Waals surface area contributed by atoms with E-state index in [-0.39, 0.29) is 23.7 Å². The maximum atomic E-state index is 12.8. The molecule has 1 unspecified atom stereocenters. The molecule has 1 heterocycles. The van der Waals surface area contributed by atoms with Crippen molar-refractivity contribution in [3.05, 3.63) is 30.1 Å². The highest BCUT2D eigenvalue weighted by atomic mass is 19.1. The lowest BCUT2D eigenvalue weighted by molar-refractivity contribution is -0.136. The van der Waals surface area contributed by atoms with Crippen LogP contribution in [0.4, 0.5) is 4.39 Å². The second kappa shape index (κ2) is 7.41. The Labute approximate surface area is 125 Å². The van der Waals surface area contributed by atoms with Gasteiger partial charge in [-0.3, -0.25) is 4.79 Å². The van der Waals surface area contributed by atoms with Crippen LogP contribution in [0.1, 0.15) is 19.8 Å². The van der Waals surface area contributed by atoms with Crippen LogP contribution in [0, 0.1) is 11.7 Å². The first-order chi connectivity index (χ1) is 10.1. The second-order valence-electron chi connectivity index (χ2n) is 5.56. The summed E-state index contributed by atoms with van der Waals surface area (Å²) in [5.41, 5.74) is 0. The van der Waals surface area contributed by atoms with E-state index in [0.717, 1.165) is 25.9 Å². The molecule has 0 spiro atoms. The Balaban J connectivity index is 1.80. The zero-order chi connectivity index (χ0) is 15.2. The first-order valence-electron chi connectivity index (χ1n) is 7.45. The summed E-state index contributed by atoms with van der Waals surface area (Å²) < 4.78 is 18.7. The number of carbonyl (C=O) groups excluding carboxylic acids is 1. The number of amides is 1. The van der Waals surface area contributed by atoms with Crippen molar-refractivity contribution in [3.8, 4) is 5.75 Å². The predicted molar refractivity (Wildman–Crippen MR) is 79.7 cm³/mol. The van der Waals surface area contributed by atoms with E-state index in [2.05, 4.69) is 5.32 Å². The average Bonchev–Trinajstić information content (AvgIpc) is 2.50. The van der Waals surface area contributed by atoms with Crippen molar-refractivity contribution < 1.29 is 13.9 Å². The first kappa shape index (κ1) is 15.8. The minimum Gasteiger partial charge on any atom is -0.490 e. The van der Waals surface area contributed by atoms with Crippen LogP contribution >= 0.6 is 0 Å². The molecule has 0 aromatic heterocycles. The molecular weight excluding hydrogens is 271 g/mol. The minimum atomic E-state index is -0.263. The number of hydrogen-bond acceptors (Lipinski definition) is 3. The highest BCUT2D eigenvalue weighted by Gasteiger charge is 2.26. The molecule has 1 N–H and O–H groups in total. The van der Waals surface area contributed by atoms with Gasteiger partial charge in [0, 0.05) is 38.4 Å². The zero-order valence-corrected chi connectivity index (χ0v) is 12.6. The van der Waals surface area contributed by atoms with Crippen molar-refractivity contribution in [2.75, 3.05) is 26.7 Å². The highest BCUT2D eigenvalue weighted by Crippen LogP contribution is 2.20. The molecule has 0 radical (unpaired) electrons. The molecule has 116 valence electrons. The maximum absolute atomic E-state index is 12.8. The Morgan fingerprint density at radius 3 is 2.57 bits per heavy atom. The van der Waals surface area contributed by atoms with Crippen molar-refractivity contribution in [1.82, 2.24) is 10.2 Å². The fourth-order valence-electron chi connectivity index (χ4n) is 2.60. The van der Waals surface area contributed by atoms with Crippen LogP contribution < -0.4 is 10.1 Å². The number of hydrogen-bond donors (Lipinski definition) is 1. The maximum Gasteiger partial charge on any atom is 0.226 e. The quantitative estimate of drug-likeness (QED) is 0.903. The second-order valence-corrected chi connectivity index (χ2v) is 5.56. The van der Waals surface area contributed by atoms with Gasteiger partial charge in [-0.05, 0) is 31.3 Å². The lowest BCUT2D eigenvalue weighted by Crippen LogP contribution is -2.45. The molecule has 0 aliphatic carbocycles. The van der Waals surface area contributed by atoms with E-state index in [1.165, 1.54) is 12.1 Å². The number of likely N-dealkylation sites (tertiary alicyclic amines) is 1. The van der Waals surface area contributed by atoms with Gasteiger partial charge in [0.15, 0.2) is 0 Å². The standard InChI is InChI=1S/C16H23FN2O2/c1-12(11-18-2)16(20)19-9-7-15(8-10-19)21-14-5-3-13(17)4-6-14/h3-6,12,15,18H,7-11H2,1-2H3. The zero-order valence-electron chi connectivity index (χ0n) is 12.6. The van der Waals surface area contributed by atoms with Gasteiger partial charge < -0.3 is 15.0 Å². The Hall–Kier alpha value is -1.62. The van der Waals surface area contributed by atoms with Crippen LogP contribution in [-0.4, -0.2) is 43.6 Å². The van der Waals surface area contributed by atoms with Gasteiger partial charge in [-0.2, -0.15) is 0 Å². The van der Waals surface area contributed by atoms with E-state index in [9.17, 15) is 9.18 Å². The van der Waals surface area contributed by atoms with Crippen LogP contribution in [0.5, 0.6) is 5.75 Å². The van der Waals surface area contributed by atoms with Gasteiger partial charge in [-0.1, -0.05) is 6.92 Å². The summed E-state index contributed by atoms with van der Waals surface area (Å²) in [4.78, 5) is 14.1. The van der Waals surface area contributed by atoms with Crippen LogP contribution in [0.15, 0.2) is 24.3 Å². The van der Waals surface area contributed by atoms with Crippen molar-refractivity contribution >= 4 is 5.91 Å². The summed E-state index contributed by atoms with van der Waals surface area (Å²) in [5.74, 6) is 0.625. The molecule has 1 atom stereocenters. The van der Waals surface area contributed by atoms with E-state index in [4.69, 9.17) is 4.74 Å². The average molecular weight is 294 g/mol. The molecule has 0 saturated carbocycles. The smallest absolute Gasteiger partial charge is 0.226 e. The van der Waals surface area contributed by atoms with Crippen molar-refractivity contribution in [2.24, 2.45) is 5.92 Å². The lowest BCUT2D eigenvalue weighted by Gasteiger charge is -2.33. The summed E-state index contributed by atoms with van der Waals surface area (Å²) in [5, 5.41) is 3.03. The SMILES string of the molecule is CNCC(C)C(=O)N1CCC(Oc2ccc(F)cc2)CC1. The number of nitrogens with zero attached hydrogens (tertiary/aromatic N) is 1. The number of carbonyl (C=O) groups is 1. The number of piperidine rings is 1. The van der Waals surface area contributed by atoms with Crippen molar-refractivity contribution in [1.29, 1.82) is 0 Å². The molecule has 1 amide bonds. The Kier molecular flexibility index (Phi) is 5.56. The minimum absolute atomic E-state index is 0.00423. The number of rotatable bonds is 5. The molecule has 1 saturated heterocycles. The number of benzene rings is 1. The van der Waals surface area contributed by atoms with Crippen molar-refractivity contribution in [3.63, 3.8) is 0 Å².